The number of fused-ring (bicyclic) bond motifs is 1. The molecule has 122 valence electrons. The van der Waals surface area contributed by atoms with Crippen molar-refractivity contribution in [1.82, 2.24) is 15.5 Å². The second kappa shape index (κ2) is 8.48. The highest BCUT2D eigenvalue weighted by Gasteiger charge is 2.16. The molecule has 2 rings (SSSR count). The van der Waals surface area contributed by atoms with Gasteiger partial charge >= 0.3 is 6.03 Å². The van der Waals surface area contributed by atoms with Crippen molar-refractivity contribution in [3.63, 3.8) is 0 Å². The first-order chi connectivity index (χ1) is 10.1. The molecule has 0 spiro atoms. The first-order valence-corrected chi connectivity index (χ1v) is 7.18. The predicted octanol–water partition coefficient (Wildman–Crippen LogP) is 1.47. The number of carbonyl (C=O) groups excluding carboxylic acids is 2. The molecule has 22 heavy (non-hydrogen) atoms. The second-order valence-corrected chi connectivity index (χ2v) is 5.24. The number of nitrogens with zero attached hydrogens (tertiary/aromatic N) is 1. The molecule has 1 aliphatic heterocycles. The third-order valence-corrected chi connectivity index (χ3v) is 3.43. The molecule has 0 aliphatic carbocycles. The monoisotopic (exact) mass is 326 g/mol. The molecule has 0 aromatic heterocycles. The number of carbonyl (C=O) groups is 2. The van der Waals surface area contributed by atoms with Gasteiger partial charge in [0.25, 0.3) is 5.91 Å². The van der Waals surface area contributed by atoms with Gasteiger partial charge in [-0.15, -0.1) is 12.4 Å². The van der Waals surface area contributed by atoms with E-state index in [1.165, 1.54) is 4.90 Å². The van der Waals surface area contributed by atoms with Crippen molar-refractivity contribution >= 4 is 30.0 Å². The van der Waals surface area contributed by atoms with Crippen molar-refractivity contribution in [2.75, 3.05) is 39.0 Å². The Morgan fingerprint density at radius 2 is 1.95 bits per heavy atom. The molecule has 0 atom stereocenters. The van der Waals surface area contributed by atoms with Gasteiger partial charge in [0.15, 0.2) is 0 Å². The molecule has 0 fully saturated rings. The fourth-order valence-electron chi connectivity index (χ4n) is 2.32. The average Bonchev–Trinajstić information content (AvgIpc) is 2.50. The number of nitrogens with one attached hydrogen (secondary N) is 3. The minimum Gasteiger partial charge on any atom is -0.385 e. The van der Waals surface area contributed by atoms with E-state index in [0.29, 0.717) is 13.1 Å². The van der Waals surface area contributed by atoms with E-state index in [2.05, 4.69) is 16.0 Å². The van der Waals surface area contributed by atoms with Crippen LogP contribution in [0, 0.1) is 0 Å². The topological polar surface area (TPSA) is 73.5 Å². The standard InChI is InChI=1S/C15H22N4O2.ClH/c1-19(2)15(21)18-10-9-17-14(20)12-5-3-7-13-11(12)6-4-8-16-13;/h3,5,7,16H,4,6,8-10H2,1-2H3,(H,17,20)(H,18,21);1H. The summed E-state index contributed by atoms with van der Waals surface area (Å²) in [7, 11) is 3.36. The molecular weight excluding hydrogens is 304 g/mol. The lowest BCUT2D eigenvalue weighted by molar-refractivity contribution is 0.0952. The SMILES string of the molecule is CN(C)C(=O)NCCNC(=O)c1cccc2c1CCCN2.Cl. The minimum atomic E-state index is -0.162. The summed E-state index contributed by atoms with van der Waals surface area (Å²) in [5.74, 6) is -0.0883. The summed E-state index contributed by atoms with van der Waals surface area (Å²) >= 11 is 0. The number of urea groups is 1. The van der Waals surface area contributed by atoms with Crippen LogP contribution in [0.4, 0.5) is 10.5 Å². The molecule has 1 aliphatic rings. The van der Waals surface area contributed by atoms with Crippen molar-refractivity contribution in [2.24, 2.45) is 0 Å². The largest absolute Gasteiger partial charge is 0.385 e. The van der Waals surface area contributed by atoms with Crippen molar-refractivity contribution in [3.05, 3.63) is 29.3 Å². The average molecular weight is 327 g/mol. The Morgan fingerprint density at radius 1 is 1.23 bits per heavy atom. The molecule has 0 radical (unpaired) electrons. The highest BCUT2D eigenvalue weighted by Crippen LogP contribution is 2.25. The van der Waals surface area contributed by atoms with Crippen LogP contribution in [-0.2, 0) is 6.42 Å². The van der Waals surface area contributed by atoms with Crippen molar-refractivity contribution in [2.45, 2.75) is 12.8 Å². The molecule has 1 aromatic carbocycles. The van der Waals surface area contributed by atoms with Gasteiger partial charge in [0.05, 0.1) is 0 Å². The fourth-order valence-corrected chi connectivity index (χ4v) is 2.32. The van der Waals surface area contributed by atoms with Gasteiger partial charge in [-0.05, 0) is 30.5 Å². The first kappa shape index (κ1) is 18.1. The lowest BCUT2D eigenvalue weighted by atomic mass is 9.97. The second-order valence-electron chi connectivity index (χ2n) is 5.24. The third-order valence-electron chi connectivity index (χ3n) is 3.43. The van der Waals surface area contributed by atoms with Gasteiger partial charge < -0.3 is 20.9 Å². The van der Waals surface area contributed by atoms with E-state index in [1.54, 1.807) is 14.1 Å². The first-order valence-electron chi connectivity index (χ1n) is 7.18. The number of halogens is 1. The molecule has 0 saturated heterocycles. The normalized spacial score (nSPS) is 12.3. The van der Waals surface area contributed by atoms with E-state index in [4.69, 9.17) is 0 Å². The number of amides is 3. The number of hydrogen-bond donors (Lipinski definition) is 3. The van der Waals surface area contributed by atoms with Gasteiger partial charge in [-0.3, -0.25) is 4.79 Å². The van der Waals surface area contributed by atoms with Crippen LogP contribution in [-0.4, -0.2) is 50.6 Å². The highest BCUT2D eigenvalue weighted by molar-refractivity contribution is 5.97. The summed E-state index contributed by atoms with van der Waals surface area (Å²) in [6.07, 6.45) is 1.96. The molecule has 1 aromatic rings. The Morgan fingerprint density at radius 3 is 2.68 bits per heavy atom. The number of anilines is 1. The Hall–Kier alpha value is -1.95. The summed E-state index contributed by atoms with van der Waals surface area (Å²) in [4.78, 5) is 25.0. The Balaban J connectivity index is 0.00000242. The van der Waals surface area contributed by atoms with Crippen LogP contribution in [0.25, 0.3) is 0 Å². The maximum atomic E-state index is 12.2. The van der Waals surface area contributed by atoms with E-state index < -0.39 is 0 Å². The van der Waals surface area contributed by atoms with Crippen molar-refractivity contribution in [3.8, 4) is 0 Å². The third kappa shape index (κ3) is 4.53. The van der Waals surface area contributed by atoms with Gasteiger partial charge in [-0.2, -0.15) is 0 Å². The van der Waals surface area contributed by atoms with Crippen LogP contribution in [0.1, 0.15) is 22.3 Å². The maximum absolute atomic E-state index is 12.2. The molecule has 0 bridgehead atoms. The van der Waals surface area contributed by atoms with Gasteiger partial charge in [0, 0.05) is 45.0 Å². The quantitative estimate of drug-likeness (QED) is 0.734. The highest BCUT2D eigenvalue weighted by atomic mass is 35.5. The molecule has 6 nitrogen and oxygen atoms in total. The zero-order valence-electron chi connectivity index (χ0n) is 12.9. The van der Waals surface area contributed by atoms with Gasteiger partial charge in [-0.1, -0.05) is 6.07 Å². The summed E-state index contributed by atoms with van der Waals surface area (Å²) in [6, 6.07) is 5.58. The van der Waals surface area contributed by atoms with Crippen LogP contribution in [0.5, 0.6) is 0 Å². The van der Waals surface area contributed by atoms with Crippen molar-refractivity contribution < 1.29 is 9.59 Å². The van der Waals surface area contributed by atoms with Crippen LogP contribution in [0.2, 0.25) is 0 Å². The summed E-state index contributed by atoms with van der Waals surface area (Å²) in [6.45, 7) is 1.78. The van der Waals surface area contributed by atoms with E-state index in [0.717, 1.165) is 36.2 Å². The Kier molecular flexibility index (Phi) is 6.98. The van der Waals surface area contributed by atoms with Gasteiger partial charge in [-0.25, -0.2) is 4.79 Å². The lowest BCUT2D eigenvalue weighted by Crippen LogP contribution is -2.39. The number of rotatable bonds is 4. The molecule has 0 saturated carbocycles. The van der Waals surface area contributed by atoms with Crippen molar-refractivity contribution in [1.29, 1.82) is 0 Å². The summed E-state index contributed by atoms with van der Waals surface area (Å²) in [5.41, 5.74) is 2.85. The molecule has 3 N–H and O–H groups in total. The van der Waals surface area contributed by atoms with Gasteiger partial charge in [0.1, 0.15) is 0 Å². The van der Waals surface area contributed by atoms with Gasteiger partial charge in [0.2, 0.25) is 0 Å². The Labute approximate surface area is 137 Å². The van der Waals surface area contributed by atoms with E-state index in [-0.39, 0.29) is 24.3 Å². The van der Waals surface area contributed by atoms with E-state index in [9.17, 15) is 9.59 Å². The van der Waals surface area contributed by atoms with E-state index >= 15 is 0 Å². The molecule has 7 heteroatoms. The maximum Gasteiger partial charge on any atom is 0.316 e. The molecule has 3 amide bonds. The Bertz CT molecular complexity index is 534. The number of hydrogen-bond acceptors (Lipinski definition) is 3. The van der Waals surface area contributed by atoms with Crippen LogP contribution >= 0.6 is 12.4 Å². The summed E-state index contributed by atoms with van der Waals surface area (Å²) < 4.78 is 0. The van der Waals surface area contributed by atoms with Crippen LogP contribution in [0.3, 0.4) is 0 Å². The lowest BCUT2D eigenvalue weighted by Gasteiger charge is -2.20. The number of benzene rings is 1. The molecule has 0 unspecified atom stereocenters. The minimum absolute atomic E-state index is 0. The molecular formula is C15H23ClN4O2. The molecule has 1 heterocycles. The summed E-state index contributed by atoms with van der Waals surface area (Å²) in [5, 5.41) is 8.86. The smallest absolute Gasteiger partial charge is 0.316 e. The van der Waals surface area contributed by atoms with Crippen LogP contribution < -0.4 is 16.0 Å². The zero-order chi connectivity index (χ0) is 15.2. The fraction of sp³-hybridized carbons (Fsp3) is 0.467. The zero-order valence-corrected chi connectivity index (χ0v) is 13.8. The van der Waals surface area contributed by atoms with Crippen LogP contribution in [0.15, 0.2) is 18.2 Å². The predicted molar refractivity (Wildman–Crippen MR) is 89.9 cm³/mol. The van der Waals surface area contributed by atoms with E-state index in [1.807, 2.05) is 18.2 Å².